The first-order valence-corrected chi connectivity index (χ1v) is 11.4. The summed E-state index contributed by atoms with van der Waals surface area (Å²) in [4.78, 5) is 26.1. The number of nitrogens with zero attached hydrogens (tertiary/aromatic N) is 4. The van der Waals surface area contributed by atoms with Gasteiger partial charge in [0, 0.05) is 49.9 Å². The van der Waals surface area contributed by atoms with Crippen molar-refractivity contribution in [1.29, 1.82) is 0 Å². The molecule has 7 heteroatoms. The first kappa shape index (κ1) is 21.2. The molecule has 0 saturated carbocycles. The maximum Gasteiger partial charge on any atom is 0.234 e. The average Bonchev–Trinajstić information content (AvgIpc) is 2.81. The van der Waals surface area contributed by atoms with Crippen LogP contribution in [0.3, 0.4) is 0 Å². The number of para-hydroxylation sites is 1. The summed E-state index contributed by atoms with van der Waals surface area (Å²) in [6.45, 7) is 7.95. The van der Waals surface area contributed by atoms with Gasteiger partial charge >= 0.3 is 0 Å². The fraction of sp³-hybridized carbons (Fsp3) is 0.292. The lowest BCUT2D eigenvalue weighted by atomic mass is 10.1. The Kier molecular flexibility index (Phi) is 6.72. The highest BCUT2D eigenvalue weighted by molar-refractivity contribution is 8.00. The van der Waals surface area contributed by atoms with E-state index in [0.29, 0.717) is 5.75 Å². The number of benzene rings is 2. The van der Waals surface area contributed by atoms with Crippen LogP contribution >= 0.6 is 11.8 Å². The van der Waals surface area contributed by atoms with Crippen LogP contribution in [-0.4, -0.2) is 47.8 Å². The highest BCUT2D eigenvalue weighted by Gasteiger charge is 2.22. The number of aryl methyl sites for hydroxylation is 1. The number of rotatable bonds is 6. The number of piperazine rings is 1. The molecule has 0 bridgehead atoms. The van der Waals surface area contributed by atoms with E-state index in [0.717, 1.165) is 42.7 Å². The lowest BCUT2D eigenvalue weighted by Gasteiger charge is -2.37. The van der Waals surface area contributed by atoms with Crippen molar-refractivity contribution in [3.8, 4) is 0 Å². The molecule has 1 saturated heterocycles. The Morgan fingerprint density at radius 3 is 2.42 bits per heavy atom. The molecule has 1 aromatic heterocycles. The van der Waals surface area contributed by atoms with Gasteiger partial charge in [-0.2, -0.15) is 0 Å². The van der Waals surface area contributed by atoms with E-state index in [4.69, 9.17) is 0 Å². The van der Waals surface area contributed by atoms with Gasteiger partial charge in [-0.1, -0.05) is 42.1 Å². The number of carbonyl (C=O) groups is 1. The van der Waals surface area contributed by atoms with Gasteiger partial charge in [0.1, 0.15) is 5.03 Å². The molecule has 1 amide bonds. The van der Waals surface area contributed by atoms with Crippen LogP contribution in [0.15, 0.2) is 66.0 Å². The minimum Gasteiger partial charge on any atom is -0.368 e. The summed E-state index contributed by atoms with van der Waals surface area (Å²) in [5.74, 6) is 1.11. The zero-order valence-electron chi connectivity index (χ0n) is 17.9. The Bertz CT molecular complexity index is 1040. The number of hydrogen-bond donors (Lipinski definition) is 1. The number of nitrogens with one attached hydrogen (secondary N) is 1. The van der Waals surface area contributed by atoms with Crippen LogP contribution in [0.1, 0.15) is 11.1 Å². The fourth-order valence-corrected chi connectivity index (χ4v) is 4.51. The molecule has 0 radical (unpaired) electrons. The molecule has 1 aliphatic rings. The molecule has 2 aromatic carbocycles. The minimum absolute atomic E-state index is 0.0486. The monoisotopic (exact) mass is 433 g/mol. The maximum atomic E-state index is 12.3. The molecule has 0 spiro atoms. The lowest BCUT2D eigenvalue weighted by Crippen LogP contribution is -2.47. The summed E-state index contributed by atoms with van der Waals surface area (Å²) >= 11 is 1.43. The van der Waals surface area contributed by atoms with E-state index in [1.165, 1.54) is 28.6 Å². The third-order valence-corrected chi connectivity index (χ3v) is 6.51. The van der Waals surface area contributed by atoms with Gasteiger partial charge in [-0.15, -0.1) is 0 Å². The van der Waals surface area contributed by atoms with Crippen molar-refractivity contribution >= 4 is 34.9 Å². The van der Waals surface area contributed by atoms with Crippen molar-refractivity contribution in [3.63, 3.8) is 0 Å². The summed E-state index contributed by atoms with van der Waals surface area (Å²) in [5, 5.41) is 3.71. The molecule has 31 heavy (non-hydrogen) atoms. The number of anilines is 3. The predicted molar refractivity (Wildman–Crippen MR) is 128 cm³/mol. The fourth-order valence-electron chi connectivity index (χ4n) is 3.73. The quantitative estimate of drug-likeness (QED) is 0.589. The third-order valence-electron chi connectivity index (χ3n) is 5.54. The zero-order valence-corrected chi connectivity index (χ0v) is 18.7. The molecule has 4 rings (SSSR count). The number of hydrogen-bond acceptors (Lipinski definition) is 6. The summed E-state index contributed by atoms with van der Waals surface area (Å²) in [5.41, 5.74) is 4.78. The second kappa shape index (κ2) is 9.83. The Morgan fingerprint density at radius 1 is 0.935 bits per heavy atom. The molecule has 1 N–H and O–H groups in total. The van der Waals surface area contributed by atoms with Crippen LogP contribution in [0, 0.1) is 13.8 Å². The number of thioether (sulfide) groups is 1. The SMILES string of the molecule is Cc1cccc(N2CCN(c3nccnc3SCC(=O)Nc3ccccc3)CC2)c1C. The van der Waals surface area contributed by atoms with Gasteiger partial charge in [-0.25, -0.2) is 9.97 Å². The second-order valence-electron chi connectivity index (χ2n) is 7.58. The van der Waals surface area contributed by atoms with Gasteiger partial charge in [-0.3, -0.25) is 4.79 Å². The minimum atomic E-state index is -0.0486. The number of aromatic nitrogens is 2. The summed E-state index contributed by atoms with van der Waals surface area (Å²) in [6.07, 6.45) is 3.41. The van der Waals surface area contributed by atoms with Gasteiger partial charge in [0.2, 0.25) is 5.91 Å². The molecule has 3 aromatic rings. The van der Waals surface area contributed by atoms with E-state index in [1.54, 1.807) is 12.4 Å². The first-order chi connectivity index (χ1) is 15.1. The molecule has 0 unspecified atom stereocenters. The topological polar surface area (TPSA) is 61.4 Å². The van der Waals surface area contributed by atoms with Gasteiger partial charge in [0.15, 0.2) is 5.82 Å². The van der Waals surface area contributed by atoms with Crippen molar-refractivity contribution in [2.75, 3.05) is 47.0 Å². The van der Waals surface area contributed by atoms with Crippen molar-refractivity contribution in [1.82, 2.24) is 9.97 Å². The Morgan fingerprint density at radius 2 is 1.65 bits per heavy atom. The molecule has 160 valence electrons. The second-order valence-corrected chi connectivity index (χ2v) is 8.55. The number of amides is 1. The van der Waals surface area contributed by atoms with Crippen LogP contribution in [-0.2, 0) is 4.79 Å². The smallest absolute Gasteiger partial charge is 0.234 e. The molecule has 6 nitrogen and oxygen atoms in total. The van der Waals surface area contributed by atoms with E-state index < -0.39 is 0 Å². The van der Waals surface area contributed by atoms with Crippen molar-refractivity contribution < 1.29 is 4.79 Å². The molecule has 1 fully saturated rings. The molecule has 2 heterocycles. The third kappa shape index (κ3) is 5.17. The summed E-state index contributed by atoms with van der Waals surface area (Å²) < 4.78 is 0. The van der Waals surface area contributed by atoms with Gasteiger partial charge in [0.05, 0.1) is 5.75 Å². The largest absolute Gasteiger partial charge is 0.368 e. The highest BCUT2D eigenvalue weighted by atomic mass is 32.2. The van der Waals surface area contributed by atoms with Crippen molar-refractivity contribution in [3.05, 3.63) is 72.1 Å². The van der Waals surface area contributed by atoms with Crippen molar-refractivity contribution in [2.45, 2.75) is 18.9 Å². The average molecular weight is 434 g/mol. The molecular weight excluding hydrogens is 406 g/mol. The molecule has 1 aliphatic heterocycles. The lowest BCUT2D eigenvalue weighted by molar-refractivity contribution is -0.113. The summed E-state index contributed by atoms with van der Waals surface area (Å²) in [7, 11) is 0. The Hall–Kier alpha value is -3.06. The van der Waals surface area contributed by atoms with Gasteiger partial charge < -0.3 is 15.1 Å². The van der Waals surface area contributed by atoms with Crippen LogP contribution in [0.25, 0.3) is 0 Å². The van der Waals surface area contributed by atoms with Crippen LogP contribution in [0.5, 0.6) is 0 Å². The standard InChI is InChI=1S/C24H27N5OS/c1-18-7-6-10-21(19(18)2)28-13-15-29(16-14-28)23-24(26-12-11-25-23)31-17-22(30)27-20-8-4-3-5-9-20/h3-12H,13-17H2,1-2H3,(H,27,30). The zero-order chi connectivity index (χ0) is 21.6. The summed E-state index contributed by atoms with van der Waals surface area (Å²) in [6, 6.07) is 16.0. The van der Waals surface area contributed by atoms with Crippen LogP contribution in [0.2, 0.25) is 0 Å². The van der Waals surface area contributed by atoms with Gasteiger partial charge in [-0.05, 0) is 43.2 Å². The molecular formula is C24H27N5OS. The predicted octanol–water partition coefficient (Wildman–Crippen LogP) is 4.15. The van der Waals surface area contributed by atoms with E-state index in [9.17, 15) is 4.79 Å². The van der Waals surface area contributed by atoms with E-state index >= 15 is 0 Å². The van der Waals surface area contributed by atoms with Crippen LogP contribution in [0.4, 0.5) is 17.2 Å². The van der Waals surface area contributed by atoms with Crippen LogP contribution < -0.4 is 15.1 Å². The Labute approximate surface area is 187 Å². The highest BCUT2D eigenvalue weighted by Crippen LogP contribution is 2.29. The maximum absolute atomic E-state index is 12.3. The number of carbonyl (C=O) groups excluding carboxylic acids is 1. The van der Waals surface area contributed by atoms with E-state index in [-0.39, 0.29) is 5.91 Å². The molecule has 0 aliphatic carbocycles. The normalized spacial score (nSPS) is 13.9. The first-order valence-electron chi connectivity index (χ1n) is 10.5. The van der Waals surface area contributed by atoms with Gasteiger partial charge in [0.25, 0.3) is 0 Å². The van der Waals surface area contributed by atoms with Crippen molar-refractivity contribution in [2.24, 2.45) is 0 Å². The van der Waals surface area contributed by atoms with E-state index in [1.807, 2.05) is 30.3 Å². The van der Waals surface area contributed by atoms with E-state index in [2.05, 4.69) is 57.1 Å². The molecule has 0 atom stereocenters. The Balaban J connectivity index is 1.37.